The Hall–Kier alpha value is -3.85. The number of ether oxygens (including phenoxy) is 2. The van der Waals surface area contributed by atoms with E-state index in [0.717, 1.165) is 27.6 Å². The summed E-state index contributed by atoms with van der Waals surface area (Å²) in [6, 6.07) is 22.6. The molecule has 0 aliphatic carbocycles. The van der Waals surface area contributed by atoms with Crippen LogP contribution in [0.15, 0.2) is 87.4 Å². The number of nitrogens with zero attached hydrogens (tertiary/aromatic N) is 4. The first-order valence-corrected chi connectivity index (χ1v) is 14.0. The molecular weight excluding hydrogens is 574 g/mol. The van der Waals surface area contributed by atoms with E-state index in [0.29, 0.717) is 43.2 Å². The number of halogens is 1. The number of carbonyl (C=O) groups is 1. The van der Waals surface area contributed by atoms with Crippen LogP contribution in [0.4, 0.5) is 0 Å². The van der Waals surface area contributed by atoms with Gasteiger partial charge in [-0.15, -0.1) is 0 Å². The highest BCUT2D eigenvalue weighted by atomic mass is 79.9. The van der Waals surface area contributed by atoms with E-state index < -0.39 is 11.6 Å². The summed E-state index contributed by atoms with van der Waals surface area (Å²) >= 11 is 3.49. The summed E-state index contributed by atoms with van der Waals surface area (Å²) in [6.45, 7) is 3.08. The molecule has 3 aromatic rings. The van der Waals surface area contributed by atoms with E-state index in [4.69, 9.17) is 25.1 Å². The van der Waals surface area contributed by atoms with Crippen molar-refractivity contribution in [1.29, 1.82) is 0 Å². The number of hydrogen-bond acceptors (Lipinski definition) is 6. The quantitative estimate of drug-likeness (QED) is 0.106. The van der Waals surface area contributed by atoms with Crippen molar-refractivity contribution < 1.29 is 19.4 Å². The van der Waals surface area contributed by atoms with Crippen LogP contribution in [-0.2, 0) is 22.5 Å². The van der Waals surface area contributed by atoms with Crippen molar-refractivity contribution in [1.82, 2.24) is 5.32 Å². The lowest BCUT2D eigenvalue weighted by Gasteiger charge is -2.31. The molecule has 2 atom stereocenters. The second-order valence-electron chi connectivity index (χ2n) is 9.44. The van der Waals surface area contributed by atoms with Crippen LogP contribution in [0.25, 0.3) is 10.4 Å². The Kier molecular flexibility index (Phi) is 10.2. The molecule has 1 amide bonds. The molecule has 0 spiro atoms. The van der Waals surface area contributed by atoms with Crippen LogP contribution in [0.1, 0.15) is 48.1 Å². The van der Waals surface area contributed by atoms with Gasteiger partial charge in [0.2, 0.25) is 5.90 Å². The zero-order valence-corrected chi connectivity index (χ0v) is 23.9. The molecule has 0 radical (unpaired) electrons. The number of rotatable bonds is 13. The minimum Gasteiger partial charge on any atom is -0.494 e. The SMILES string of the molecule is CCCNC(=O)[C@]1(Cc2ccc(Br)cc2)N=C(c2ccc(OCCCO)cc2)O[C@@H]1c1ccccc1CN=[N+]=[N-]. The van der Waals surface area contributed by atoms with Crippen LogP contribution in [-0.4, -0.2) is 42.2 Å². The molecule has 1 heterocycles. The largest absolute Gasteiger partial charge is 0.494 e. The van der Waals surface area contributed by atoms with E-state index in [9.17, 15) is 4.79 Å². The molecule has 40 heavy (non-hydrogen) atoms. The number of aliphatic imine (C=N–C) groups is 1. The number of amides is 1. The van der Waals surface area contributed by atoms with E-state index >= 15 is 0 Å². The molecule has 0 saturated heterocycles. The number of azide groups is 1. The molecule has 10 heteroatoms. The fraction of sp³-hybridized carbons (Fsp3) is 0.333. The number of aliphatic hydroxyl groups is 1. The monoisotopic (exact) mass is 605 g/mol. The molecule has 0 bridgehead atoms. The molecule has 1 aliphatic heterocycles. The molecule has 208 valence electrons. The highest BCUT2D eigenvalue weighted by Gasteiger charge is 2.53. The van der Waals surface area contributed by atoms with Gasteiger partial charge in [0.15, 0.2) is 11.6 Å². The summed E-state index contributed by atoms with van der Waals surface area (Å²) in [5.41, 5.74) is 10.8. The zero-order chi connectivity index (χ0) is 28.4. The van der Waals surface area contributed by atoms with Crippen molar-refractivity contribution in [3.05, 3.63) is 110 Å². The molecule has 1 aliphatic rings. The Morgan fingerprint density at radius 2 is 1.93 bits per heavy atom. The first-order chi connectivity index (χ1) is 19.5. The van der Waals surface area contributed by atoms with Gasteiger partial charge in [-0.2, -0.15) is 0 Å². The van der Waals surface area contributed by atoms with Crippen molar-refractivity contribution in [2.24, 2.45) is 10.1 Å². The second kappa shape index (κ2) is 14.0. The Bertz CT molecular complexity index is 1370. The number of benzene rings is 3. The number of hydrogen-bond donors (Lipinski definition) is 2. The topological polar surface area (TPSA) is 129 Å². The van der Waals surface area contributed by atoms with Crippen molar-refractivity contribution in [3.63, 3.8) is 0 Å². The molecule has 2 N–H and O–H groups in total. The third-order valence-electron chi connectivity index (χ3n) is 6.59. The van der Waals surface area contributed by atoms with Crippen molar-refractivity contribution in [2.45, 2.75) is 44.4 Å². The van der Waals surface area contributed by atoms with E-state index in [1.54, 1.807) is 0 Å². The van der Waals surface area contributed by atoms with Gasteiger partial charge < -0.3 is 19.9 Å². The molecule has 0 aromatic heterocycles. The third-order valence-corrected chi connectivity index (χ3v) is 7.12. The van der Waals surface area contributed by atoms with Crippen LogP contribution in [0.2, 0.25) is 0 Å². The summed E-state index contributed by atoms with van der Waals surface area (Å²) in [6.07, 6.45) is 0.837. The first-order valence-electron chi connectivity index (χ1n) is 13.2. The van der Waals surface area contributed by atoms with Crippen LogP contribution in [0.5, 0.6) is 5.75 Å². The van der Waals surface area contributed by atoms with E-state index in [2.05, 4.69) is 31.3 Å². The fourth-order valence-electron chi connectivity index (χ4n) is 4.61. The average molecular weight is 607 g/mol. The van der Waals surface area contributed by atoms with Gasteiger partial charge in [0.1, 0.15) is 5.75 Å². The van der Waals surface area contributed by atoms with Gasteiger partial charge in [0.25, 0.3) is 5.91 Å². The maximum Gasteiger partial charge on any atom is 0.252 e. The lowest BCUT2D eigenvalue weighted by atomic mass is 9.80. The summed E-state index contributed by atoms with van der Waals surface area (Å²) in [5.74, 6) is 0.767. The first kappa shape index (κ1) is 29.1. The molecule has 9 nitrogen and oxygen atoms in total. The molecule has 0 saturated carbocycles. The van der Waals surface area contributed by atoms with Crippen LogP contribution in [0.3, 0.4) is 0 Å². The average Bonchev–Trinajstić information content (AvgIpc) is 3.36. The van der Waals surface area contributed by atoms with Gasteiger partial charge >= 0.3 is 0 Å². The maximum absolute atomic E-state index is 14.1. The second-order valence-corrected chi connectivity index (χ2v) is 10.4. The summed E-state index contributed by atoms with van der Waals surface area (Å²) in [7, 11) is 0. The van der Waals surface area contributed by atoms with Gasteiger partial charge in [-0.05, 0) is 65.0 Å². The van der Waals surface area contributed by atoms with Gasteiger partial charge in [-0.3, -0.25) is 4.79 Å². The van der Waals surface area contributed by atoms with E-state index in [1.807, 2.05) is 79.7 Å². The minimum atomic E-state index is -1.32. The summed E-state index contributed by atoms with van der Waals surface area (Å²) < 4.78 is 13.2. The number of aliphatic hydroxyl groups excluding tert-OH is 1. The van der Waals surface area contributed by atoms with E-state index in [-0.39, 0.29) is 19.1 Å². The lowest BCUT2D eigenvalue weighted by molar-refractivity contribution is -0.128. The number of nitrogens with one attached hydrogen (secondary N) is 1. The number of carbonyl (C=O) groups excluding carboxylic acids is 1. The molecule has 3 aromatic carbocycles. The van der Waals surface area contributed by atoms with Gasteiger partial charge in [-0.1, -0.05) is 64.4 Å². The van der Waals surface area contributed by atoms with E-state index in [1.165, 1.54) is 0 Å². The van der Waals surface area contributed by atoms with Gasteiger partial charge in [0, 0.05) is 40.9 Å². The summed E-state index contributed by atoms with van der Waals surface area (Å²) in [5, 5.41) is 15.9. The molecule has 0 unspecified atom stereocenters. The van der Waals surface area contributed by atoms with Crippen LogP contribution < -0.4 is 10.1 Å². The van der Waals surface area contributed by atoms with Crippen molar-refractivity contribution >= 4 is 27.7 Å². The molecular formula is C30H32BrN5O4. The maximum atomic E-state index is 14.1. The van der Waals surface area contributed by atoms with Crippen molar-refractivity contribution in [3.8, 4) is 5.75 Å². The minimum absolute atomic E-state index is 0.0613. The fourth-order valence-corrected chi connectivity index (χ4v) is 4.87. The molecule has 4 rings (SSSR count). The standard InChI is InChI=1S/C30H32BrN5O4/c1-2-16-33-29(38)30(19-21-8-12-24(31)13-9-21)27(26-7-4-3-6-23(26)20-34-36-32)40-28(35-30)22-10-14-25(15-11-22)39-18-5-17-37/h3-4,6-15,27,37H,2,5,16-20H2,1H3,(H,33,38)/t27-,30-/m1/s1. The van der Waals surface area contributed by atoms with Gasteiger partial charge in [0.05, 0.1) is 13.2 Å². The predicted octanol–water partition coefficient (Wildman–Crippen LogP) is 6.05. The molecule has 0 fully saturated rings. The smallest absolute Gasteiger partial charge is 0.252 e. The van der Waals surface area contributed by atoms with Gasteiger partial charge in [-0.25, -0.2) is 4.99 Å². The Morgan fingerprint density at radius 1 is 1.18 bits per heavy atom. The normalized spacial score (nSPS) is 17.9. The lowest BCUT2D eigenvalue weighted by Crippen LogP contribution is -2.50. The third kappa shape index (κ3) is 6.83. The Morgan fingerprint density at radius 3 is 2.62 bits per heavy atom. The van der Waals surface area contributed by atoms with Crippen molar-refractivity contribution in [2.75, 3.05) is 19.8 Å². The Labute approximate surface area is 242 Å². The highest BCUT2D eigenvalue weighted by Crippen LogP contribution is 2.44. The Balaban J connectivity index is 1.81. The highest BCUT2D eigenvalue weighted by molar-refractivity contribution is 9.10. The zero-order valence-electron chi connectivity index (χ0n) is 22.3. The van der Waals surface area contributed by atoms with Crippen LogP contribution in [0, 0.1) is 0 Å². The summed E-state index contributed by atoms with van der Waals surface area (Å²) in [4.78, 5) is 22.0. The van der Waals surface area contributed by atoms with Crippen LogP contribution >= 0.6 is 15.9 Å². The predicted molar refractivity (Wildman–Crippen MR) is 157 cm³/mol.